The van der Waals surface area contributed by atoms with Gasteiger partial charge in [0.15, 0.2) is 5.11 Å². The molecule has 0 radical (unpaired) electrons. The van der Waals surface area contributed by atoms with Crippen molar-refractivity contribution in [3.8, 4) is 5.69 Å². The summed E-state index contributed by atoms with van der Waals surface area (Å²) in [7, 11) is 4.22. The van der Waals surface area contributed by atoms with E-state index >= 15 is 0 Å². The molecule has 5 nitrogen and oxygen atoms in total. The van der Waals surface area contributed by atoms with Gasteiger partial charge >= 0.3 is 0 Å². The average molecular weight is 420 g/mol. The average Bonchev–Trinajstić information content (AvgIpc) is 3.34. The van der Waals surface area contributed by atoms with Gasteiger partial charge in [0, 0.05) is 30.3 Å². The highest BCUT2D eigenvalue weighted by atomic mass is 32.1. The maximum absolute atomic E-state index is 5.79. The molecule has 1 aromatic carbocycles. The molecule has 0 spiro atoms. The molecule has 2 aromatic heterocycles. The number of nitrogens with zero attached hydrogens (tertiary/aromatic N) is 4. The molecular formula is C24H29N5S. The smallest absolute Gasteiger partial charge is 0.170 e. The second-order valence-electron chi connectivity index (χ2n) is 8.12. The van der Waals surface area contributed by atoms with Gasteiger partial charge in [0.05, 0.1) is 17.8 Å². The molecule has 3 heterocycles. The van der Waals surface area contributed by atoms with Crippen molar-refractivity contribution in [2.75, 3.05) is 27.2 Å². The van der Waals surface area contributed by atoms with Gasteiger partial charge in [-0.1, -0.05) is 23.8 Å². The van der Waals surface area contributed by atoms with Gasteiger partial charge in [0.1, 0.15) is 0 Å². The van der Waals surface area contributed by atoms with Crippen molar-refractivity contribution in [2.24, 2.45) is 0 Å². The summed E-state index contributed by atoms with van der Waals surface area (Å²) < 4.78 is 2.27. The Morgan fingerprint density at radius 1 is 1.07 bits per heavy atom. The van der Waals surface area contributed by atoms with E-state index in [-0.39, 0.29) is 12.1 Å². The Morgan fingerprint density at radius 3 is 2.57 bits per heavy atom. The molecule has 156 valence electrons. The summed E-state index contributed by atoms with van der Waals surface area (Å²) in [5.41, 5.74) is 4.64. The van der Waals surface area contributed by atoms with Crippen LogP contribution >= 0.6 is 12.2 Å². The van der Waals surface area contributed by atoms with E-state index in [2.05, 4.69) is 94.3 Å². The number of rotatable bonds is 7. The molecule has 1 aliphatic rings. The van der Waals surface area contributed by atoms with Crippen LogP contribution in [-0.4, -0.2) is 51.6 Å². The third-order valence-corrected chi connectivity index (χ3v) is 5.95. The normalized spacial score (nSPS) is 18.8. The fraction of sp³-hybridized carbons (Fsp3) is 0.333. The topological polar surface area (TPSA) is 36.3 Å². The number of hydrogen-bond donors (Lipinski definition) is 1. The molecule has 1 saturated heterocycles. The summed E-state index contributed by atoms with van der Waals surface area (Å²) >= 11 is 5.79. The van der Waals surface area contributed by atoms with Crippen molar-refractivity contribution in [2.45, 2.75) is 25.4 Å². The van der Waals surface area contributed by atoms with Gasteiger partial charge in [-0.25, -0.2) is 0 Å². The predicted molar refractivity (Wildman–Crippen MR) is 126 cm³/mol. The first-order chi connectivity index (χ1) is 14.5. The third kappa shape index (κ3) is 4.25. The number of hydrogen-bond acceptors (Lipinski definition) is 3. The summed E-state index contributed by atoms with van der Waals surface area (Å²) in [6.07, 6.45) is 5.03. The fourth-order valence-electron chi connectivity index (χ4n) is 4.10. The van der Waals surface area contributed by atoms with Crippen LogP contribution in [0.4, 0.5) is 0 Å². The number of aryl methyl sites for hydroxylation is 1. The summed E-state index contributed by atoms with van der Waals surface area (Å²) in [6, 6.07) is 19.1. The van der Waals surface area contributed by atoms with Crippen LogP contribution in [-0.2, 0) is 0 Å². The monoisotopic (exact) mass is 419 g/mol. The predicted octanol–water partition coefficient (Wildman–Crippen LogP) is 4.10. The number of benzene rings is 1. The van der Waals surface area contributed by atoms with Crippen LogP contribution < -0.4 is 5.32 Å². The van der Waals surface area contributed by atoms with Crippen LogP contribution in [0.2, 0.25) is 0 Å². The molecule has 0 saturated carbocycles. The molecule has 0 amide bonds. The molecule has 1 N–H and O–H groups in total. The standard InChI is InChI=1S/C24H29N5S/c1-18-10-12-19(13-11-18)28-16-6-9-21(28)23-22(20-8-4-5-14-25-20)26-24(30)29(23)17-7-15-27(2)3/h4-6,8-14,16,22-23H,7,15,17H2,1-3H3,(H,26,30). The number of aromatic nitrogens is 2. The van der Waals surface area contributed by atoms with E-state index in [0.717, 1.165) is 36.0 Å². The zero-order valence-corrected chi connectivity index (χ0v) is 18.6. The zero-order chi connectivity index (χ0) is 21.1. The summed E-state index contributed by atoms with van der Waals surface area (Å²) in [4.78, 5) is 9.19. The number of pyridine rings is 1. The van der Waals surface area contributed by atoms with Crippen molar-refractivity contribution in [3.05, 3.63) is 83.9 Å². The van der Waals surface area contributed by atoms with Gasteiger partial charge in [-0.2, -0.15) is 0 Å². The Labute approximate surface area is 184 Å². The van der Waals surface area contributed by atoms with Crippen molar-refractivity contribution in [3.63, 3.8) is 0 Å². The maximum atomic E-state index is 5.79. The van der Waals surface area contributed by atoms with Crippen molar-refractivity contribution in [1.82, 2.24) is 24.7 Å². The minimum atomic E-state index is 0.0113. The van der Waals surface area contributed by atoms with E-state index in [4.69, 9.17) is 12.2 Å². The quantitative estimate of drug-likeness (QED) is 0.584. The molecule has 1 fully saturated rings. The molecule has 3 aromatic rings. The second-order valence-corrected chi connectivity index (χ2v) is 8.50. The molecule has 0 aliphatic carbocycles. The Hall–Kier alpha value is -2.70. The lowest BCUT2D eigenvalue weighted by Gasteiger charge is -2.29. The van der Waals surface area contributed by atoms with E-state index < -0.39 is 0 Å². The molecule has 2 atom stereocenters. The van der Waals surface area contributed by atoms with Gasteiger partial charge in [-0.05, 0) is 82.6 Å². The van der Waals surface area contributed by atoms with Crippen LogP contribution in [0.15, 0.2) is 67.0 Å². The van der Waals surface area contributed by atoms with Gasteiger partial charge in [0.2, 0.25) is 0 Å². The van der Waals surface area contributed by atoms with Crippen LogP contribution in [0.5, 0.6) is 0 Å². The SMILES string of the molecule is Cc1ccc(-n2cccc2C2C(c3ccccn3)NC(=S)N2CCCN(C)C)cc1. The van der Waals surface area contributed by atoms with Crippen molar-refractivity contribution in [1.29, 1.82) is 0 Å². The summed E-state index contributed by atoms with van der Waals surface area (Å²) in [6.45, 7) is 4.04. The van der Waals surface area contributed by atoms with Gasteiger partial charge in [-0.15, -0.1) is 0 Å². The largest absolute Gasteiger partial charge is 0.352 e. The highest BCUT2D eigenvalue weighted by Crippen LogP contribution is 2.39. The lowest BCUT2D eigenvalue weighted by molar-refractivity contribution is 0.286. The maximum Gasteiger partial charge on any atom is 0.170 e. The van der Waals surface area contributed by atoms with Crippen molar-refractivity contribution < 1.29 is 0 Å². The zero-order valence-electron chi connectivity index (χ0n) is 17.8. The second kappa shape index (κ2) is 8.98. The van der Waals surface area contributed by atoms with Gasteiger partial charge in [0.25, 0.3) is 0 Å². The minimum absolute atomic E-state index is 0.0113. The molecule has 6 heteroatoms. The minimum Gasteiger partial charge on any atom is -0.352 e. The Balaban J connectivity index is 1.73. The van der Waals surface area contributed by atoms with Gasteiger partial charge < -0.3 is 19.7 Å². The molecule has 30 heavy (non-hydrogen) atoms. The lowest BCUT2D eigenvalue weighted by Crippen LogP contribution is -2.32. The van der Waals surface area contributed by atoms with E-state index in [1.54, 1.807) is 0 Å². The first-order valence-corrected chi connectivity index (χ1v) is 10.8. The number of thiocarbonyl (C=S) groups is 1. The highest BCUT2D eigenvalue weighted by molar-refractivity contribution is 7.80. The summed E-state index contributed by atoms with van der Waals surface area (Å²) in [5.74, 6) is 0. The molecular weight excluding hydrogens is 390 g/mol. The van der Waals surface area contributed by atoms with E-state index in [0.29, 0.717) is 0 Å². The van der Waals surface area contributed by atoms with E-state index in [9.17, 15) is 0 Å². The Bertz CT molecular complexity index is 980. The fourth-order valence-corrected chi connectivity index (χ4v) is 4.43. The third-order valence-electron chi connectivity index (χ3n) is 5.60. The lowest BCUT2D eigenvalue weighted by atomic mass is 10.0. The van der Waals surface area contributed by atoms with E-state index in [1.807, 2.05) is 18.3 Å². The molecule has 4 rings (SSSR count). The van der Waals surface area contributed by atoms with Crippen molar-refractivity contribution >= 4 is 17.3 Å². The van der Waals surface area contributed by atoms with E-state index in [1.165, 1.54) is 11.3 Å². The Morgan fingerprint density at radius 2 is 1.87 bits per heavy atom. The molecule has 1 aliphatic heterocycles. The van der Waals surface area contributed by atoms with Crippen LogP contribution in [0, 0.1) is 6.92 Å². The van der Waals surface area contributed by atoms with Crippen LogP contribution in [0.1, 0.15) is 35.5 Å². The summed E-state index contributed by atoms with van der Waals surface area (Å²) in [5, 5.41) is 4.35. The number of nitrogens with one attached hydrogen (secondary N) is 1. The van der Waals surface area contributed by atoms with Gasteiger partial charge in [-0.3, -0.25) is 4.98 Å². The first-order valence-electron chi connectivity index (χ1n) is 10.4. The van der Waals surface area contributed by atoms with Crippen LogP contribution in [0.3, 0.4) is 0 Å². The first kappa shape index (κ1) is 20.6. The van der Waals surface area contributed by atoms with Crippen LogP contribution in [0.25, 0.3) is 5.69 Å². The molecule has 0 bridgehead atoms. The highest BCUT2D eigenvalue weighted by Gasteiger charge is 2.40. The Kier molecular flexibility index (Phi) is 6.16. The molecule has 2 unspecified atom stereocenters.